The molecule has 2 aromatic rings. The fourth-order valence-corrected chi connectivity index (χ4v) is 2.79. The fourth-order valence-electron chi connectivity index (χ4n) is 2.79. The van der Waals surface area contributed by atoms with E-state index >= 15 is 0 Å². The van der Waals surface area contributed by atoms with Gasteiger partial charge in [0.05, 0.1) is 5.92 Å². The van der Waals surface area contributed by atoms with Crippen LogP contribution in [0.5, 0.6) is 0 Å². The number of benzene rings is 1. The van der Waals surface area contributed by atoms with Gasteiger partial charge >= 0.3 is 12.1 Å². The van der Waals surface area contributed by atoms with E-state index < -0.39 is 17.8 Å². The van der Waals surface area contributed by atoms with Crippen molar-refractivity contribution in [2.24, 2.45) is 13.0 Å². The number of carboxylic acid groups (broad SMARTS) is 1. The molecule has 8 heteroatoms. The van der Waals surface area contributed by atoms with Crippen LogP contribution in [0.1, 0.15) is 29.2 Å². The summed E-state index contributed by atoms with van der Waals surface area (Å²) in [7, 11) is 1.45. The lowest BCUT2D eigenvalue weighted by Gasteiger charge is -2.09. The molecule has 0 unspecified atom stereocenters. The Hall–Kier alpha value is -2.51. The number of carboxylic acids is 1. The number of aryl methyl sites for hydroxylation is 1. The van der Waals surface area contributed by atoms with Crippen LogP contribution in [-0.2, 0) is 24.6 Å². The summed E-state index contributed by atoms with van der Waals surface area (Å²) in [6, 6.07) is 7.11. The molecule has 1 fully saturated rings. The van der Waals surface area contributed by atoms with Crippen molar-refractivity contribution in [2.45, 2.75) is 25.1 Å². The number of halogens is 3. The van der Waals surface area contributed by atoms with Gasteiger partial charge in [-0.15, -0.1) is 0 Å². The third kappa shape index (κ3) is 3.37. The number of alkyl halides is 3. The standard InChI is InChI=1S/C16H16F3N3O2/c1-22-8-10(14(21-22)16(17,18)19)7-20-11-4-2-9(3-5-11)12-6-13(12)15(23)24/h2-5,8,12-13,20H,6-7H2,1H3,(H,23,24)/t12-,13+/m0/s1. The van der Waals surface area contributed by atoms with Gasteiger partial charge in [-0.25, -0.2) is 0 Å². The minimum atomic E-state index is -4.49. The molecule has 3 rings (SSSR count). The Balaban J connectivity index is 1.65. The molecule has 0 aliphatic heterocycles. The summed E-state index contributed by atoms with van der Waals surface area (Å²) in [4.78, 5) is 10.9. The van der Waals surface area contributed by atoms with Gasteiger partial charge in [-0.05, 0) is 30.0 Å². The zero-order valence-corrected chi connectivity index (χ0v) is 12.8. The van der Waals surface area contributed by atoms with Crippen molar-refractivity contribution in [1.29, 1.82) is 0 Å². The van der Waals surface area contributed by atoms with Gasteiger partial charge in [0.1, 0.15) is 0 Å². The van der Waals surface area contributed by atoms with Crippen LogP contribution < -0.4 is 5.32 Å². The molecule has 24 heavy (non-hydrogen) atoms. The molecule has 5 nitrogen and oxygen atoms in total. The van der Waals surface area contributed by atoms with E-state index in [0.717, 1.165) is 10.2 Å². The summed E-state index contributed by atoms with van der Waals surface area (Å²) in [5, 5.41) is 15.3. The Bertz CT molecular complexity index is 753. The third-order valence-corrected chi connectivity index (χ3v) is 4.10. The molecule has 1 aromatic heterocycles. The van der Waals surface area contributed by atoms with Crippen LogP contribution in [0.25, 0.3) is 0 Å². The van der Waals surface area contributed by atoms with Gasteiger partial charge in [-0.1, -0.05) is 12.1 Å². The van der Waals surface area contributed by atoms with Gasteiger partial charge in [0.2, 0.25) is 0 Å². The molecular formula is C16H16F3N3O2. The van der Waals surface area contributed by atoms with Gasteiger partial charge in [0, 0.05) is 31.0 Å². The van der Waals surface area contributed by atoms with Crippen LogP contribution in [0.15, 0.2) is 30.5 Å². The molecule has 2 atom stereocenters. The number of aromatic nitrogens is 2. The predicted molar refractivity (Wildman–Crippen MR) is 80.5 cm³/mol. The van der Waals surface area contributed by atoms with Crippen molar-refractivity contribution in [3.05, 3.63) is 47.3 Å². The van der Waals surface area contributed by atoms with Gasteiger partial charge in [-0.3, -0.25) is 9.48 Å². The topological polar surface area (TPSA) is 67.2 Å². The number of anilines is 1. The second kappa shape index (κ2) is 5.85. The highest BCUT2D eigenvalue weighted by Crippen LogP contribution is 2.47. The molecule has 2 N–H and O–H groups in total. The first-order valence-electron chi connectivity index (χ1n) is 7.42. The highest BCUT2D eigenvalue weighted by atomic mass is 19.4. The summed E-state index contributed by atoms with van der Waals surface area (Å²) < 4.78 is 39.8. The zero-order valence-electron chi connectivity index (χ0n) is 12.8. The first-order valence-corrected chi connectivity index (χ1v) is 7.42. The Morgan fingerprint density at radius 2 is 2.04 bits per heavy atom. The summed E-state index contributed by atoms with van der Waals surface area (Å²) in [6.45, 7) is 0.00318. The maximum Gasteiger partial charge on any atom is 0.435 e. The maximum absolute atomic E-state index is 12.9. The van der Waals surface area contributed by atoms with Crippen molar-refractivity contribution >= 4 is 11.7 Å². The van der Waals surface area contributed by atoms with E-state index in [1.807, 2.05) is 12.1 Å². The maximum atomic E-state index is 12.9. The first kappa shape index (κ1) is 16.4. The number of hydrogen-bond donors (Lipinski definition) is 2. The SMILES string of the molecule is Cn1cc(CNc2ccc([C@@H]3C[C@H]3C(=O)O)cc2)c(C(F)(F)F)n1. The Morgan fingerprint density at radius 3 is 2.58 bits per heavy atom. The quantitative estimate of drug-likeness (QED) is 0.878. The smallest absolute Gasteiger partial charge is 0.435 e. The van der Waals surface area contributed by atoms with Crippen LogP contribution in [0.3, 0.4) is 0 Å². The summed E-state index contributed by atoms with van der Waals surface area (Å²) in [5.74, 6) is -1.08. The lowest BCUT2D eigenvalue weighted by molar-refractivity contribution is -0.142. The molecule has 1 aliphatic carbocycles. The number of hydrogen-bond acceptors (Lipinski definition) is 3. The first-order chi connectivity index (χ1) is 11.3. The monoisotopic (exact) mass is 339 g/mol. The van der Waals surface area contributed by atoms with Gasteiger partial charge in [0.25, 0.3) is 0 Å². The molecule has 1 saturated carbocycles. The van der Waals surface area contributed by atoms with Gasteiger partial charge in [0.15, 0.2) is 5.69 Å². The molecule has 0 radical (unpaired) electrons. The van der Waals surface area contributed by atoms with Crippen molar-refractivity contribution in [3.63, 3.8) is 0 Å². The van der Waals surface area contributed by atoms with Crippen molar-refractivity contribution in [3.8, 4) is 0 Å². The number of rotatable bonds is 5. The van der Waals surface area contributed by atoms with E-state index in [1.54, 1.807) is 12.1 Å². The Morgan fingerprint density at radius 1 is 1.38 bits per heavy atom. The largest absolute Gasteiger partial charge is 0.481 e. The van der Waals surface area contributed by atoms with Crippen LogP contribution >= 0.6 is 0 Å². The van der Waals surface area contributed by atoms with E-state index in [2.05, 4.69) is 10.4 Å². The molecule has 0 spiro atoms. The Kier molecular flexibility index (Phi) is 3.98. The molecule has 0 bridgehead atoms. The van der Waals surface area contributed by atoms with E-state index in [0.29, 0.717) is 12.1 Å². The van der Waals surface area contributed by atoms with Crippen LogP contribution in [-0.4, -0.2) is 20.9 Å². The Labute approximate surface area is 136 Å². The van der Waals surface area contributed by atoms with E-state index in [4.69, 9.17) is 5.11 Å². The minimum Gasteiger partial charge on any atom is -0.481 e. The second-order valence-corrected chi connectivity index (χ2v) is 5.94. The van der Waals surface area contributed by atoms with Crippen LogP contribution in [0.2, 0.25) is 0 Å². The van der Waals surface area contributed by atoms with Gasteiger partial charge in [-0.2, -0.15) is 18.3 Å². The molecule has 1 aliphatic rings. The number of aliphatic carboxylic acids is 1. The zero-order chi connectivity index (χ0) is 17.5. The van der Waals surface area contributed by atoms with E-state index in [9.17, 15) is 18.0 Å². The average molecular weight is 339 g/mol. The average Bonchev–Trinajstić information content (AvgIpc) is 3.21. The predicted octanol–water partition coefficient (Wildman–Crippen LogP) is 3.24. The molecule has 128 valence electrons. The normalized spacial score (nSPS) is 20.0. The number of carbonyl (C=O) groups is 1. The minimum absolute atomic E-state index is 0.00318. The molecule has 0 saturated heterocycles. The molecule has 1 heterocycles. The lowest BCUT2D eigenvalue weighted by atomic mass is 10.1. The van der Waals surface area contributed by atoms with Gasteiger partial charge < -0.3 is 10.4 Å². The van der Waals surface area contributed by atoms with Crippen LogP contribution in [0.4, 0.5) is 18.9 Å². The molecule has 0 amide bonds. The number of nitrogens with one attached hydrogen (secondary N) is 1. The van der Waals surface area contributed by atoms with Crippen molar-refractivity contribution < 1.29 is 23.1 Å². The summed E-state index contributed by atoms with van der Waals surface area (Å²) >= 11 is 0. The molecule has 1 aromatic carbocycles. The third-order valence-electron chi connectivity index (χ3n) is 4.10. The highest BCUT2D eigenvalue weighted by molar-refractivity contribution is 5.75. The molecular weight excluding hydrogens is 323 g/mol. The highest BCUT2D eigenvalue weighted by Gasteiger charge is 2.44. The van der Waals surface area contributed by atoms with E-state index in [1.165, 1.54) is 13.2 Å². The second-order valence-electron chi connectivity index (χ2n) is 5.94. The van der Waals surface area contributed by atoms with Crippen molar-refractivity contribution in [2.75, 3.05) is 5.32 Å². The van der Waals surface area contributed by atoms with Crippen molar-refractivity contribution in [1.82, 2.24) is 9.78 Å². The lowest BCUT2D eigenvalue weighted by Crippen LogP contribution is -2.11. The van der Waals surface area contributed by atoms with Crippen LogP contribution in [0, 0.1) is 5.92 Å². The fraction of sp³-hybridized carbons (Fsp3) is 0.375. The summed E-state index contributed by atoms with van der Waals surface area (Å²) in [6.07, 6.45) is -2.52. The number of nitrogens with zero attached hydrogens (tertiary/aromatic N) is 2. The van der Waals surface area contributed by atoms with E-state index in [-0.39, 0.29) is 23.9 Å². The summed E-state index contributed by atoms with van der Waals surface area (Å²) in [5.41, 5.74) is 0.784.